The van der Waals surface area contributed by atoms with Crippen molar-refractivity contribution in [3.8, 4) is 0 Å². The fourth-order valence-corrected chi connectivity index (χ4v) is 4.43. The summed E-state index contributed by atoms with van der Waals surface area (Å²) in [6, 6.07) is 6.43. The molecule has 0 saturated heterocycles. The lowest BCUT2D eigenvalue weighted by Gasteiger charge is -2.21. The zero-order chi connectivity index (χ0) is 22.1. The van der Waals surface area contributed by atoms with Gasteiger partial charge in [0.15, 0.2) is 5.13 Å². The molecule has 0 atom stereocenters. The predicted octanol–water partition coefficient (Wildman–Crippen LogP) is 8.65. The van der Waals surface area contributed by atoms with Gasteiger partial charge in [0.05, 0.1) is 10.2 Å². The molecule has 0 radical (unpaired) electrons. The molecule has 2 nitrogen and oxygen atoms in total. The van der Waals surface area contributed by atoms with Crippen molar-refractivity contribution >= 4 is 32.3 Å². The Morgan fingerprint density at radius 1 is 1.30 bits per heavy atom. The van der Waals surface area contributed by atoms with E-state index in [2.05, 4.69) is 74.8 Å². The molecule has 160 valence electrons. The lowest BCUT2D eigenvalue weighted by molar-refractivity contribution is 0.787. The SMILES string of the molecule is C=C(/C=C\C=C(\C)CCCC)C1=C(C)CCC=C1c1ccc2nc(N)sc2c1.CC. The third-order valence-electron chi connectivity index (χ3n) is 5.20. The molecule has 1 aromatic heterocycles. The van der Waals surface area contributed by atoms with Gasteiger partial charge in [-0.3, -0.25) is 0 Å². The summed E-state index contributed by atoms with van der Waals surface area (Å²) in [6.45, 7) is 15.0. The van der Waals surface area contributed by atoms with E-state index in [0.29, 0.717) is 5.13 Å². The van der Waals surface area contributed by atoms with Gasteiger partial charge in [-0.05, 0) is 73.9 Å². The molecule has 3 rings (SSSR count). The predicted molar refractivity (Wildman–Crippen MR) is 137 cm³/mol. The standard InChI is InChI=1S/C25H30N2S.C2H6/c1-5-6-9-17(2)10-7-11-18(3)24-19(4)12-8-13-21(24)20-14-15-22-23(16-20)28-25(26)27-22;1-2/h7,10-11,13-16H,3,5-6,8-9,12H2,1-2,4H3,(H2,26,27);1-2H3/b11-7-,17-10-;. The number of hydrogen-bond donors (Lipinski definition) is 1. The fourth-order valence-electron chi connectivity index (χ4n) is 3.66. The van der Waals surface area contributed by atoms with Gasteiger partial charge in [0, 0.05) is 0 Å². The number of allylic oxidation sites excluding steroid dienone is 9. The number of benzene rings is 1. The number of nitrogen functional groups attached to an aromatic ring is 1. The van der Waals surface area contributed by atoms with Crippen LogP contribution in [0.3, 0.4) is 0 Å². The van der Waals surface area contributed by atoms with E-state index in [4.69, 9.17) is 5.73 Å². The minimum absolute atomic E-state index is 0.620. The van der Waals surface area contributed by atoms with Crippen LogP contribution >= 0.6 is 11.3 Å². The van der Waals surface area contributed by atoms with Gasteiger partial charge in [0.25, 0.3) is 0 Å². The Bertz CT molecular complexity index is 999. The van der Waals surface area contributed by atoms with Gasteiger partial charge in [-0.1, -0.05) is 86.6 Å². The number of fused-ring (bicyclic) bond motifs is 1. The second-order valence-electron chi connectivity index (χ2n) is 7.55. The highest BCUT2D eigenvalue weighted by atomic mass is 32.1. The average Bonchev–Trinajstić information content (AvgIpc) is 3.12. The monoisotopic (exact) mass is 420 g/mol. The summed E-state index contributed by atoms with van der Waals surface area (Å²) in [6.07, 6.45) is 14.7. The van der Waals surface area contributed by atoms with Gasteiger partial charge in [-0.2, -0.15) is 0 Å². The second kappa shape index (κ2) is 11.7. The van der Waals surface area contributed by atoms with Gasteiger partial charge in [0.1, 0.15) is 0 Å². The number of aromatic nitrogens is 1. The molecule has 0 amide bonds. The summed E-state index contributed by atoms with van der Waals surface area (Å²) >= 11 is 1.54. The largest absolute Gasteiger partial charge is 0.375 e. The molecule has 0 bridgehead atoms. The first-order valence-corrected chi connectivity index (χ1v) is 11.9. The van der Waals surface area contributed by atoms with E-state index < -0.39 is 0 Å². The quantitative estimate of drug-likeness (QED) is 0.455. The Balaban J connectivity index is 0.00000155. The molecular formula is C27H36N2S. The van der Waals surface area contributed by atoms with E-state index in [-0.39, 0.29) is 0 Å². The first kappa shape index (κ1) is 23.9. The molecule has 1 heterocycles. The molecule has 0 saturated carbocycles. The van der Waals surface area contributed by atoms with Gasteiger partial charge < -0.3 is 5.73 Å². The van der Waals surface area contributed by atoms with Crippen molar-refractivity contribution in [2.75, 3.05) is 5.73 Å². The number of hydrogen-bond acceptors (Lipinski definition) is 3. The van der Waals surface area contributed by atoms with E-state index in [0.717, 1.165) is 35.1 Å². The summed E-state index contributed by atoms with van der Waals surface area (Å²) in [5.41, 5.74) is 14.5. The lowest BCUT2D eigenvalue weighted by atomic mass is 9.83. The van der Waals surface area contributed by atoms with Crippen LogP contribution in [0.5, 0.6) is 0 Å². The molecule has 0 fully saturated rings. The van der Waals surface area contributed by atoms with Crippen LogP contribution in [0, 0.1) is 0 Å². The normalized spacial score (nSPS) is 14.7. The first-order valence-electron chi connectivity index (χ1n) is 11.1. The minimum atomic E-state index is 0.620. The smallest absolute Gasteiger partial charge is 0.181 e. The summed E-state index contributed by atoms with van der Waals surface area (Å²) in [5.74, 6) is 0. The molecule has 1 aliphatic rings. The average molecular weight is 421 g/mol. The van der Waals surface area contributed by atoms with Crippen LogP contribution < -0.4 is 5.73 Å². The highest BCUT2D eigenvalue weighted by molar-refractivity contribution is 7.22. The van der Waals surface area contributed by atoms with Crippen molar-refractivity contribution in [3.63, 3.8) is 0 Å². The zero-order valence-corrected chi connectivity index (χ0v) is 20.0. The number of nitrogens with two attached hydrogens (primary N) is 1. The van der Waals surface area contributed by atoms with Crippen LogP contribution in [0.2, 0.25) is 0 Å². The Morgan fingerprint density at radius 3 is 2.80 bits per heavy atom. The molecule has 1 aromatic carbocycles. The molecule has 3 heteroatoms. The molecule has 0 unspecified atom stereocenters. The third-order valence-corrected chi connectivity index (χ3v) is 6.05. The first-order chi connectivity index (χ1) is 14.5. The van der Waals surface area contributed by atoms with Gasteiger partial charge in [-0.15, -0.1) is 0 Å². The molecule has 0 spiro atoms. The maximum atomic E-state index is 5.88. The van der Waals surface area contributed by atoms with Crippen LogP contribution in [-0.4, -0.2) is 4.98 Å². The van der Waals surface area contributed by atoms with Gasteiger partial charge in [-0.25, -0.2) is 4.98 Å². The summed E-state index contributed by atoms with van der Waals surface area (Å²) in [5, 5.41) is 0.620. The molecule has 2 aromatic rings. The van der Waals surface area contributed by atoms with Crippen molar-refractivity contribution in [2.24, 2.45) is 0 Å². The Kier molecular flexibility index (Phi) is 9.32. The number of unbranched alkanes of at least 4 members (excludes halogenated alkanes) is 1. The molecule has 2 N–H and O–H groups in total. The highest BCUT2D eigenvalue weighted by Crippen LogP contribution is 2.38. The van der Waals surface area contributed by atoms with Gasteiger partial charge >= 0.3 is 0 Å². The van der Waals surface area contributed by atoms with Crippen LogP contribution in [0.25, 0.3) is 15.8 Å². The molecule has 30 heavy (non-hydrogen) atoms. The van der Waals surface area contributed by atoms with Crippen LogP contribution in [0.15, 0.2) is 71.4 Å². The topological polar surface area (TPSA) is 38.9 Å². The Hall–Kier alpha value is -2.39. The highest BCUT2D eigenvalue weighted by Gasteiger charge is 2.17. The maximum Gasteiger partial charge on any atom is 0.181 e. The van der Waals surface area contributed by atoms with E-state index >= 15 is 0 Å². The van der Waals surface area contributed by atoms with Crippen molar-refractivity contribution in [1.82, 2.24) is 4.98 Å². The number of rotatable bonds is 7. The fraction of sp³-hybridized carbons (Fsp3) is 0.370. The molecular weight excluding hydrogens is 384 g/mol. The van der Waals surface area contributed by atoms with Crippen molar-refractivity contribution in [1.29, 1.82) is 0 Å². The number of anilines is 1. The van der Waals surface area contributed by atoms with Crippen LogP contribution in [0.1, 0.15) is 72.3 Å². The summed E-state index contributed by atoms with van der Waals surface area (Å²) in [7, 11) is 0. The summed E-state index contributed by atoms with van der Waals surface area (Å²) in [4.78, 5) is 4.38. The van der Waals surface area contributed by atoms with Crippen LogP contribution in [0.4, 0.5) is 5.13 Å². The second-order valence-corrected chi connectivity index (χ2v) is 8.61. The van der Waals surface area contributed by atoms with E-state index in [9.17, 15) is 0 Å². The third kappa shape index (κ3) is 6.06. The van der Waals surface area contributed by atoms with Gasteiger partial charge in [0.2, 0.25) is 0 Å². The molecule has 0 aliphatic heterocycles. The Morgan fingerprint density at radius 2 is 2.07 bits per heavy atom. The van der Waals surface area contributed by atoms with Crippen molar-refractivity contribution in [2.45, 2.75) is 66.7 Å². The van der Waals surface area contributed by atoms with E-state index in [1.54, 1.807) is 11.3 Å². The lowest BCUT2D eigenvalue weighted by Crippen LogP contribution is -2.01. The number of thiazole rings is 1. The minimum Gasteiger partial charge on any atom is -0.375 e. The maximum absolute atomic E-state index is 5.88. The van der Waals surface area contributed by atoms with Crippen molar-refractivity contribution < 1.29 is 0 Å². The summed E-state index contributed by atoms with van der Waals surface area (Å²) < 4.78 is 1.13. The zero-order valence-electron chi connectivity index (χ0n) is 19.2. The van der Waals surface area contributed by atoms with Crippen LogP contribution in [-0.2, 0) is 0 Å². The van der Waals surface area contributed by atoms with E-state index in [1.165, 1.54) is 40.7 Å². The van der Waals surface area contributed by atoms with Crippen molar-refractivity contribution in [3.05, 3.63) is 76.9 Å². The van der Waals surface area contributed by atoms with E-state index in [1.807, 2.05) is 13.8 Å². The number of nitrogens with zero attached hydrogens (tertiary/aromatic N) is 1. The molecule has 1 aliphatic carbocycles. The Labute approximate surface area is 186 Å².